The lowest BCUT2D eigenvalue weighted by molar-refractivity contribution is 0.771. The third-order valence-electron chi connectivity index (χ3n) is 7.56. The molecular weight excluding hydrogens is 408 g/mol. The number of benzene rings is 6. The fourth-order valence-electron chi connectivity index (χ4n) is 6.04. The molecule has 6 aromatic carbocycles. The van der Waals surface area contributed by atoms with Crippen molar-refractivity contribution in [2.45, 2.75) is 12.3 Å². The Morgan fingerprint density at radius 3 is 1.56 bits per heavy atom. The molecule has 160 valence electrons. The standard InChI is InChI=1S/C34H24/c1-23-14-15-27-22-29(19-17-26(27)20-23)34(28-18-16-24-8-2-3-9-25(24)21-28)32-12-6-4-10-30(32)31-11-5-7-13-33(31)34/h2-22H,1H3. The predicted octanol–water partition coefficient (Wildman–Crippen LogP) is 8.66. The smallest absolute Gasteiger partial charge is 0.0619 e. The quantitative estimate of drug-likeness (QED) is 0.256. The molecule has 0 spiro atoms. The molecule has 0 atom stereocenters. The lowest BCUT2D eigenvalue weighted by Gasteiger charge is -2.34. The van der Waals surface area contributed by atoms with Gasteiger partial charge >= 0.3 is 0 Å². The molecule has 0 aliphatic heterocycles. The van der Waals surface area contributed by atoms with Crippen LogP contribution in [0.1, 0.15) is 27.8 Å². The summed E-state index contributed by atoms with van der Waals surface area (Å²) in [5.41, 5.74) is 8.94. The maximum Gasteiger partial charge on any atom is 0.0714 e. The van der Waals surface area contributed by atoms with E-state index in [1.54, 1.807) is 0 Å². The van der Waals surface area contributed by atoms with E-state index in [1.165, 1.54) is 60.5 Å². The highest BCUT2D eigenvalue weighted by Crippen LogP contribution is 2.56. The van der Waals surface area contributed by atoms with Crippen LogP contribution in [0.5, 0.6) is 0 Å². The molecule has 0 saturated heterocycles. The summed E-state index contributed by atoms with van der Waals surface area (Å²) in [4.78, 5) is 0. The van der Waals surface area contributed by atoms with Crippen LogP contribution in [0.25, 0.3) is 32.7 Å². The number of hydrogen-bond donors (Lipinski definition) is 0. The van der Waals surface area contributed by atoms with Gasteiger partial charge in [0.1, 0.15) is 0 Å². The molecule has 0 nitrogen and oxygen atoms in total. The lowest BCUT2D eigenvalue weighted by atomic mass is 9.67. The predicted molar refractivity (Wildman–Crippen MR) is 143 cm³/mol. The lowest BCUT2D eigenvalue weighted by Crippen LogP contribution is -2.28. The van der Waals surface area contributed by atoms with E-state index in [0.717, 1.165) is 0 Å². The van der Waals surface area contributed by atoms with Gasteiger partial charge < -0.3 is 0 Å². The Hall–Kier alpha value is -4.16. The van der Waals surface area contributed by atoms with Crippen molar-refractivity contribution < 1.29 is 0 Å². The maximum absolute atomic E-state index is 2.41. The monoisotopic (exact) mass is 432 g/mol. The van der Waals surface area contributed by atoms with E-state index in [0.29, 0.717) is 0 Å². The first-order valence-electron chi connectivity index (χ1n) is 11.9. The summed E-state index contributed by atoms with van der Waals surface area (Å²) in [6.45, 7) is 2.16. The zero-order chi connectivity index (χ0) is 22.7. The molecule has 0 aromatic heterocycles. The molecule has 0 amide bonds. The van der Waals surface area contributed by atoms with Crippen molar-refractivity contribution in [3.05, 3.63) is 155 Å². The van der Waals surface area contributed by atoms with Crippen molar-refractivity contribution >= 4 is 21.5 Å². The molecular formula is C34H24. The van der Waals surface area contributed by atoms with Gasteiger partial charge in [-0.3, -0.25) is 0 Å². The largest absolute Gasteiger partial charge is 0.0714 e. The van der Waals surface area contributed by atoms with Crippen LogP contribution in [0.2, 0.25) is 0 Å². The second-order valence-electron chi connectivity index (χ2n) is 9.47. The van der Waals surface area contributed by atoms with E-state index < -0.39 is 0 Å². The molecule has 34 heavy (non-hydrogen) atoms. The van der Waals surface area contributed by atoms with Crippen LogP contribution in [0.3, 0.4) is 0 Å². The van der Waals surface area contributed by atoms with Crippen LogP contribution in [0.15, 0.2) is 127 Å². The third-order valence-corrected chi connectivity index (χ3v) is 7.56. The van der Waals surface area contributed by atoms with Crippen molar-refractivity contribution in [3.63, 3.8) is 0 Å². The Labute approximate surface area is 200 Å². The molecule has 0 N–H and O–H groups in total. The van der Waals surface area contributed by atoms with Gasteiger partial charge in [-0.15, -0.1) is 0 Å². The van der Waals surface area contributed by atoms with Crippen LogP contribution < -0.4 is 0 Å². The summed E-state index contributed by atoms with van der Waals surface area (Å²) < 4.78 is 0. The van der Waals surface area contributed by atoms with Crippen molar-refractivity contribution in [3.8, 4) is 11.1 Å². The van der Waals surface area contributed by atoms with E-state index in [2.05, 4.69) is 134 Å². The van der Waals surface area contributed by atoms with E-state index in [4.69, 9.17) is 0 Å². The van der Waals surface area contributed by atoms with Gasteiger partial charge in [-0.05, 0) is 74.0 Å². The summed E-state index contributed by atoms with van der Waals surface area (Å²) in [5.74, 6) is 0. The Kier molecular flexibility index (Phi) is 4.07. The minimum absolute atomic E-state index is 0.365. The van der Waals surface area contributed by atoms with Crippen molar-refractivity contribution in [1.82, 2.24) is 0 Å². The normalized spacial score (nSPS) is 13.7. The van der Waals surface area contributed by atoms with Gasteiger partial charge in [0.2, 0.25) is 0 Å². The second-order valence-corrected chi connectivity index (χ2v) is 9.47. The molecule has 6 aromatic rings. The molecule has 7 rings (SSSR count). The topological polar surface area (TPSA) is 0 Å². The van der Waals surface area contributed by atoms with Gasteiger partial charge in [-0.25, -0.2) is 0 Å². The number of fused-ring (bicyclic) bond motifs is 5. The zero-order valence-electron chi connectivity index (χ0n) is 19.1. The summed E-state index contributed by atoms with van der Waals surface area (Å²) in [6, 6.07) is 47.4. The van der Waals surface area contributed by atoms with Crippen LogP contribution in [-0.2, 0) is 5.41 Å². The minimum atomic E-state index is -0.365. The van der Waals surface area contributed by atoms with Crippen molar-refractivity contribution in [2.75, 3.05) is 0 Å². The number of aryl methyl sites for hydroxylation is 1. The van der Waals surface area contributed by atoms with Crippen LogP contribution in [0.4, 0.5) is 0 Å². The zero-order valence-corrected chi connectivity index (χ0v) is 19.1. The molecule has 0 heteroatoms. The third kappa shape index (κ3) is 2.60. The van der Waals surface area contributed by atoms with Gasteiger partial charge in [0.25, 0.3) is 0 Å². The molecule has 1 aliphatic rings. The molecule has 1 aliphatic carbocycles. The summed E-state index contributed by atoms with van der Waals surface area (Å²) in [7, 11) is 0. The molecule has 0 radical (unpaired) electrons. The highest BCUT2D eigenvalue weighted by atomic mass is 14.5. The molecule has 0 heterocycles. The highest BCUT2D eigenvalue weighted by molar-refractivity contribution is 5.91. The van der Waals surface area contributed by atoms with Gasteiger partial charge in [-0.2, -0.15) is 0 Å². The van der Waals surface area contributed by atoms with Gasteiger partial charge in [0, 0.05) is 0 Å². The van der Waals surface area contributed by atoms with Crippen molar-refractivity contribution in [2.24, 2.45) is 0 Å². The van der Waals surface area contributed by atoms with Gasteiger partial charge in [0.05, 0.1) is 5.41 Å². The minimum Gasteiger partial charge on any atom is -0.0619 e. The summed E-state index contributed by atoms with van der Waals surface area (Å²) in [6.07, 6.45) is 0. The van der Waals surface area contributed by atoms with E-state index in [-0.39, 0.29) is 5.41 Å². The van der Waals surface area contributed by atoms with E-state index in [1.807, 2.05) is 0 Å². The maximum atomic E-state index is 2.41. The molecule has 0 bridgehead atoms. The van der Waals surface area contributed by atoms with Crippen LogP contribution >= 0.6 is 0 Å². The fourth-order valence-corrected chi connectivity index (χ4v) is 6.04. The fraction of sp³-hybridized carbons (Fsp3) is 0.0588. The Balaban J connectivity index is 1.63. The van der Waals surface area contributed by atoms with Gasteiger partial charge in [-0.1, -0.05) is 121 Å². The Bertz CT molecular complexity index is 1670. The van der Waals surface area contributed by atoms with Gasteiger partial charge in [0.15, 0.2) is 0 Å². The number of rotatable bonds is 2. The van der Waals surface area contributed by atoms with Crippen LogP contribution in [-0.4, -0.2) is 0 Å². The molecule has 0 saturated carbocycles. The van der Waals surface area contributed by atoms with Crippen molar-refractivity contribution in [1.29, 1.82) is 0 Å². The summed E-state index contributed by atoms with van der Waals surface area (Å²) in [5, 5.41) is 5.12. The molecule has 0 fully saturated rings. The number of hydrogen-bond acceptors (Lipinski definition) is 0. The highest BCUT2D eigenvalue weighted by Gasteiger charge is 2.45. The Morgan fingerprint density at radius 2 is 0.882 bits per heavy atom. The van der Waals surface area contributed by atoms with Crippen LogP contribution in [0, 0.1) is 6.92 Å². The van der Waals surface area contributed by atoms with E-state index >= 15 is 0 Å². The second kappa shape index (κ2) is 7.17. The first-order valence-corrected chi connectivity index (χ1v) is 11.9. The average molecular weight is 433 g/mol. The first-order chi connectivity index (χ1) is 16.7. The Morgan fingerprint density at radius 1 is 0.412 bits per heavy atom. The first kappa shape index (κ1) is 19.3. The average Bonchev–Trinajstić information content (AvgIpc) is 3.19. The SMILES string of the molecule is Cc1ccc2cc(C3(c4ccc5ccccc5c4)c4ccccc4-c4ccccc43)ccc2c1. The summed E-state index contributed by atoms with van der Waals surface area (Å²) >= 11 is 0. The van der Waals surface area contributed by atoms with E-state index in [9.17, 15) is 0 Å². The molecule has 0 unspecified atom stereocenters.